The Bertz CT molecular complexity index is 99.2. The Morgan fingerprint density at radius 3 is 2.56 bits per heavy atom. The third-order valence-corrected chi connectivity index (χ3v) is 2.18. The number of halogens is 1. The second-order valence-corrected chi connectivity index (χ2v) is 2.88. The fourth-order valence-corrected chi connectivity index (χ4v) is 1.58. The van der Waals surface area contributed by atoms with Crippen LogP contribution in [-0.4, -0.2) is 23.8 Å². The molecule has 3 heteroatoms. The lowest BCUT2D eigenvalue weighted by Crippen LogP contribution is -2.28. The van der Waals surface area contributed by atoms with Crippen molar-refractivity contribution >= 4 is 12.4 Å². The zero-order valence-corrected chi connectivity index (χ0v) is 6.03. The van der Waals surface area contributed by atoms with Crippen molar-refractivity contribution in [2.75, 3.05) is 6.61 Å². The van der Waals surface area contributed by atoms with E-state index < -0.39 is 0 Å². The van der Waals surface area contributed by atoms with Crippen molar-refractivity contribution in [1.29, 1.82) is 0 Å². The van der Waals surface area contributed by atoms with Gasteiger partial charge in [0.05, 0.1) is 6.61 Å². The molecule has 0 aromatic carbocycles. The van der Waals surface area contributed by atoms with Gasteiger partial charge >= 0.3 is 0 Å². The summed E-state index contributed by atoms with van der Waals surface area (Å²) in [4.78, 5) is 0. The normalized spacial score (nSPS) is 45.7. The zero-order chi connectivity index (χ0) is 5.56. The average molecular weight is 150 g/mol. The first-order chi connectivity index (χ1) is 3.90. The molecular weight excluding hydrogens is 138 g/mol. The molecule has 1 saturated heterocycles. The van der Waals surface area contributed by atoms with Crippen LogP contribution < -0.4 is 5.32 Å². The number of rotatable bonds is 1. The first-order valence-corrected chi connectivity index (χ1v) is 3.27. The fraction of sp³-hybridized carbons (Fsp3) is 1.00. The molecule has 0 aromatic heterocycles. The standard InChI is InChI=1S/C6H11NO.ClH/c8-3-5-1-4-2-6(4)7-5;/h4-8H,1-3H2;1H/t4-,5+,6+;/m0./s1. The molecule has 0 bridgehead atoms. The highest BCUT2D eigenvalue weighted by Gasteiger charge is 2.45. The smallest absolute Gasteiger partial charge is 0.0584 e. The van der Waals surface area contributed by atoms with Gasteiger partial charge in [-0.3, -0.25) is 0 Å². The Labute approximate surface area is 61.0 Å². The average Bonchev–Trinajstić information content (AvgIpc) is 2.40. The Hall–Kier alpha value is 0.210. The van der Waals surface area contributed by atoms with Crippen LogP contribution in [-0.2, 0) is 0 Å². The van der Waals surface area contributed by atoms with Crippen molar-refractivity contribution in [2.24, 2.45) is 5.92 Å². The van der Waals surface area contributed by atoms with Gasteiger partial charge in [0.2, 0.25) is 0 Å². The van der Waals surface area contributed by atoms with Crippen LogP contribution in [0, 0.1) is 5.92 Å². The molecule has 0 unspecified atom stereocenters. The van der Waals surface area contributed by atoms with E-state index in [0.717, 1.165) is 12.0 Å². The Morgan fingerprint density at radius 2 is 2.22 bits per heavy atom. The molecular formula is C6H12ClNO. The first-order valence-electron chi connectivity index (χ1n) is 3.27. The molecule has 2 N–H and O–H groups in total. The highest BCUT2D eigenvalue weighted by molar-refractivity contribution is 5.85. The molecule has 54 valence electrons. The van der Waals surface area contributed by atoms with Crippen LogP contribution in [0.4, 0.5) is 0 Å². The maximum atomic E-state index is 8.64. The summed E-state index contributed by atoms with van der Waals surface area (Å²) in [6, 6.07) is 1.21. The summed E-state index contributed by atoms with van der Waals surface area (Å²) in [5.41, 5.74) is 0. The topological polar surface area (TPSA) is 32.3 Å². The number of aliphatic hydroxyl groups excluding tert-OH is 1. The highest BCUT2D eigenvalue weighted by atomic mass is 35.5. The minimum atomic E-state index is 0. The lowest BCUT2D eigenvalue weighted by atomic mass is 10.2. The molecule has 2 rings (SSSR count). The van der Waals surface area contributed by atoms with E-state index in [1.54, 1.807) is 0 Å². The summed E-state index contributed by atoms with van der Waals surface area (Å²) in [5, 5.41) is 12.0. The van der Waals surface area contributed by atoms with E-state index in [2.05, 4.69) is 5.32 Å². The number of nitrogens with one attached hydrogen (secondary N) is 1. The van der Waals surface area contributed by atoms with Crippen molar-refractivity contribution in [1.82, 2.24) is 5.32 Å². The number of piperidine rings is 1. The fourth-order valence-electron chi connectivity index (χ4n) is 1.58. The maximum absolute atomic E-state index is 8.64. The predicted octanol–water partition coefficient (Wildman–Crippen LogP) is 0.151. The summed E-state index contributed by atoms with van der Waals surface area (Å²) < 4.78 is 0. The minimum Gasteiger partial charge on any atom is -0.395 e. The number of aliphatic hydroxyl groups is 1. The molecule has 1 heterocycles. The third-order valence-electron chi connectivity index (χ3n) is 2.18. The summed E-state index contributed by atoms with van der Waals surface area (Å²) in [6.45, 7) is 0.326. The molecule has 0 amide bonds. The molecule has 2 fully saturated rings. The van der Waals surface area contributed by atoms with Gasteiger partial charge in [-0.1, -0.05) is 0 Å². The van der Waals surface area contributed by atoms with Gasteiger partial charge in [-0.2, -0.15) is 0 Å². The summed E-state index contributed by atoms with van der Waals surface area (Å²) in [7, 11) is 0. The van der Waals surface area contributed by atoms with E-state index in [-0.39, 0.29) is 12.4 Å². The van der Waals surface area contributed by atoms with E-state index in [1.165, 1.54) is 12.8 Å². The van der Waals surface area contributed by atoms with Gasteiger partial charge in [0.1, 0.15) is 0 Å². The molecule has 1 aliphatic heterocycles. The quantitative estimate of drug-likeness (QED) is 0.557. The van der Waals surface area contributed by atoms with Gasteiger partial charge < -0.3 is 10.4 Å². The molecule has 1 aliphatic carbocycles. The highest BCUT2D eigenvalue weighted by Crippen LogP contribution is 2.40. The van der Waals surface area contributed by atoms with Crippen molar-refractivity contribution in [3.63, 3.8) is 0 Å². The van der Waals surface area contributed by atoms with Crippen molar-refractivity contribution in [3.05, 3.63) is 0 Å². The first kappa shape index (κ1) is 7.32. The van der Waals surface area contributed by atoms with Gasteiger partial charge in [0.25, 0.3) is 0 Å². The lowest BCUT2D eigenvalue weighted by Gasteiger charge is -2.06. The maximum Gasteiger partial charge on any atom is 0.0584 e. The second kappa shape index (κ2) is 2.45. The van der Waals surface area contributed by atoms with E-state index in [1.807, 2.05) is 0 Å². The van der Waals surface area contributed by atoms with Gasteiger partial charge in [0.15, 0.2) is 0 Å². The Morgan fingerprint density at radius 1 is 1.44 bits per heavy atom. The van der Waals surface area contributed by atoms with Gasteiger partial charge in [0, 0.05) is 12.1 Å². The number of hydrogen-bond acceptors (Lipinski definition) is 2. The molecule has 2 nitrogen and oxygen atoms in total. The SMILES string of the molecule is Cl.OC[C@H]1C[C@H]2C[C@H]2N1. The molecule has 0 radical (unpaired) electrons. The van der Waals surface area contributed by atoms with E-state index in [0.29, 0.717) is 12.6 Å². The second-order valence-electron chi connectivity index (χ2n) is 2.88. The summed E-state index contributed by atoms with van der Waals surface area (Å²) >= 11 is 0. The van der Waals surface area contributed by atoms with Gasteiger partial charge in [-0.15, -0.1) is 12.4 Å². The Balaban J connectivity index is 0.000000405. The summed E-state index contributed by atoms with van der Waals surface area (Å²) in [6.07, 6.45) is 2.57. The van der Waals surface area contributed by atoms with Crippen LogP contribution in [0.3, 0.4) is 0 Å². The molecule has 3 atom stereocenters. The van der Waals surface area contributed by atoms with Crippen LogP contribution in [0.2, 0.25) is 0 Å². The Kier molecular flexibility index (Phi) is 1.99. The van der Waals surface area contributed by atoms with Gasteiger partial charge in [-0.25, -0.2) is 0 Å². The molecule has 1 saturated carbocycles. The van der Waals surface area contributed by atoms with Crippen LogP contribution in [0.15, 0.2) is 0 Å². The van der Waals surface area contributed by atoms with E-state index >= 15 is 0 Å². The monoisotopic (exact) mass is 149 g/mol. The molecule has 0 aromatic rings. The van der Waals surface area contributed by atoms with E-state index in [4.69, 9.17) is 5.11 Å². The van der Waals surface area contributed by atoms with Crippen LogP contribution >= 0.6 is 12.4 Å². The summed E-state index contributed by atoms with van der Waals surface area (Å²) in [5.74, 6) is 0.923. The zero-order valence-electron chi connectivity index (χ0n) is 5.21. The van der Waals surface area contributed by atoms with Crippen molar-refractivity contribution < 1.29 is 5.11 Å². The molecule has 0 spiro atoms. The molecule has 2 aliphatic rings. The van der Waals surface area contributed by atoms with Crippen molar-refractivity contribution in [2.45, 2.75) is 24.9 Å². The largest absolute Gasteiger partial charge is 0.395 e. The lowest BCUT2D eigenvalue weighted by molar-refractivity contribution is 0.246. The number of hydrogen-bond donors (Lipinski definition) is 2. The minimum absolute atomic E-state index is 0. The number of fused-ring (bicyclic) bond motifs is 1. The van der Waals surface area contributed by atoms with E-state index in [9.17, 15) is 0 Å². The molecule has 9 heavy (non-hydrogen) atoms. The van der Waals surface area contributed by atoms with Gasteiger partial charge in [-0.05, 0) is 18.8 Å². The van der Waals surface area contributed by atoms with Crippen LogP contribution in [0.25, 0.3) is 0 Å². The third kappa shape index (κ3) is 1.20. The van der Waals surface area contributed by atoms with Crippen LogP contribution in [0.5, 0.6) is 0 Å². The predicted molar refractivity (Wildman–Crippen MR) is 37.8 cm³/mol. The van der Waals surface area contributed by atoms with Crippen LogP contribution in [0.1, 0.15) is 12.8 Å². The van der Waals surface area contributed by atoms with Crippen molar-refractivity contribution in [3.8, 4) is 0 Å².